The molecule has 0 aliphatic heterocycles. The van der Waals surface area contributed by atoms with Crippen LogP contribution < -0.4 is 0 Å². The van der Waals surface area contributed by atoms with Crippen molar-refractivity contribution in [3.8, 4) is 0 Å². The molecule has 0 bridgehead atoms. The number of hydrogen-bond donors (Lipinski definition) is 0. The molecule has 3 nitrogen and oxygen atoms in total. The van der Waals surface area contributed by atoms with E-state index < -0.39 is 0 Å². The molecule has 0 radical (unpaired) electrons. The Morgan fingerprint density at radius 3 is 1.38 bits per heavy atom. The zero-order valence-electron chi connectivity index (χ0n) is 18.3. The molecule has 0 saturated carbocycles. The number of rotatable bonds is 18. The third kappa shape index (κ3) is 19.5. The number of nitrogens with zero attached hydrogens (tertiary/aromatic N) is 1. The highest BCUT2D eigenvalue weighted by Gasteiger charge is 2.05. The number of esters is 1. The van der Waals surface area contributed by atoms with Gasteiger partial charge in [-0.1, -0.05) is 77.2 Å². The Hall–Kier alpha value is -0.830. The maximum Gasteiger partial charge on any atom is 0.333 e. The number of ether oxygens (including phenoxy) is 1. The fourth-order valence-electron chi connectivity index (χ4n) is 3.10. The van der Waals surface area contributed by atoms with Crippen LogP contribution in [0.4, 0.5) is 0 Å². The average molecular weight is 369 g/mol. The summed E-state index contributed by atoms with van der Waals surface area (Å²) in [6.07, 6.45) is 18.7. The minimum absolute atomic E-state index is 0.255. The molecule has 0 aromatic heterocycles. The molecule has 0 N–H and O–H groups in total. The van der Waals surface area contributed by atoms with Crippen LogP contribution in [0.25, 0.3) is 0 Å². The lowest BCUT2D eigenvalue weighted by Gasteiger charge is -2.23. The first-order valence-corrected chi connectivity index (χ1v) is 11.0. The Kier molecular flexibility index (Phi) is 15.8. The molecule has 0 fully saturated rings. The SMILES string of the molecule is C=C(C)C(=O)OCCCCCCCCCCCCCCCC[N+](C)(C)C. The summed E-state index contributed by atoms with van der Waals surface area (Å²) in [5.41, 5.74) is 0.491. The fraction of sp³-hybridized carbons (Fsp3) is 0.870. The van der Waals surface area contributed by atoms with E-state index in [0.717, 1.165) is 17.3 Å². The Bertz CT molecular complexity index is 358. The summed E-state index contributed by atoms with van der Waals surface area (Å²) in [5.74, 6) is -0.255. The zero-order valence-corrected chi connectivity index (χ0v) is 18.3. The Balaban J connectivity index is 3.11. The molecule has 0 aliphatic carbocycles. The summed E-state index contributed by atoms with van der Waals surface area (Å²) in [4.78, 5) is 11.2. The summed E-state index contributed by atoms with van der Waals surface area (Å²) in [7, 11) is 6.84. The second kappa shape index (κ2) is 16.4. The topological polar surface area (TPSA) is 26.3 Å². The van der Waals surface area contributed by atoms with Crippen molar-refractivity contribution in [2.75, 3.05) is 34.3 Å². The van der Waals surface area contributed by atoms with Crippen LogP contribution >= 0.6 is 0 Å². The van der Waals surface area contributed by atoms with Gasteiger partial charge in [-0.2, -0.15) is 0 Å². The van der Waals surface area contributed by atoms with Gasteiger partial charge in [-0.15, -0.1) is 0 Å². The van der Waals surface area contributed by atoms with E-state index in [2.05, 4.69) is 27.7 Å². The van der Waals surface area contributed by atoms with Gasteiger partial charge < -0.3 is 9.22 Å². The largest absolute Gasteiger partial charge is 0.462 e. The Labute approximate surface area is 163 Å². The number of unbranched alkanes of at least 4 members (excludes halogenated alkanes) is 13. The van der Waals surface area contributed by atoms with Gasteiger partial charge in [0.2, 0.25) is 0 Å². The lowest BCUT2D eigenvalue weighted by atomic mass is 10.0. The maximum absolute atomic E-state index is 11.2. The molecule has 0 spiro atoms. The summed E-state index contributed by atoms with van der Waals surface area (Å²) >= 11 is 0. The average Bonchev–Trinajstić information content (AvgIpc) is 2.56. The van der Waals surface area contributed by atoms with E-state index in [9.17, 15) is 4.79 Å². The van der Waals surface area contributed by atoms with Crippen molar-refractivity contribution in [1.82, 2.24) is 0 Å². The van der Waals surface area contributed by atoms with E-state index in [1.807, 2.05) is 0 Å². The van der Waals surface area contributed by atoms with Crippen LogP contribution in [0.5, 0.6) is 0 Å². The first kappa shape index (κ1) is 25.2. The van der Waals surface area contributed by atoms with Gasteiger partial charge in [0.15, 0.2) is 0 Å². The molecule has 0 rings (SSSR count). The van der Waals surface area contributed by atoms with E-state index in [-0.39, 0.29) is 5.97 Å². The third-order valence-corrected chi connectivity index (χ3v) is 4.80. The molecule has 0 unspecified atom stereocenters. The molecule has 0 amide bonds. The molecule has 26 heavy (non-hydrogen) atoms. The van der Waals surface area contributed by atoms with Crippen molar-refractivity contribution >= 4 is 5.97 Å². The normalized spacial score (nSPS) is 11.5. The molecular formula is C23H46NO2+. The van der Waals surface area contributed by atoms with Gasteiger partial charge in [0, 0.05) is 5.57 Å². The first-order chi connectivity index (χ1) is 12.3. The van der Waals surface area contributed by atoms with E-state index in [1.54, 1.807) is 6.92 Å². The van der Waals surface area contributed by atoms with Gasteiger partial charge >= 0.3 is 5.97 Å². The van der Waals surface area contributed by atoms with E-state index >= 15 is 0 Å². The van der Waals surface area contributed by atoms with Gasteiger partial charge in [-0.05, 0) is 26.2 Å². The number of hydrogen-bond acceptors (Lipinski definition) is 2. The fourth-order valence-corrected chi connectivity index (χ4v) is 3.10. The summed E-state index contributed by atoms with van der Waals surface area (Å²) in [5, 5.41) is 0. The molecule has 0 saturated heterocycles. The summed E-state index contributed by atoms with van der Waals surface area (Å²) in [6.45, 7) is 7.12. The molecule has 0 aromatic carbocycles. The highest BCUT2D eigenvalue weighted by atomic mass is 16.5. The standard InChI is InChI=1S/C23H46NO2/c1-22(2)23(25)26-21-19-17-15-13-11-9-7-6-8-10-12-14-16-18-20-24(3,4)5/h1,6-21H2,2-5H3/q+1. The minimum Gasteiger partial charge on any atom is -0.462 e. The van der Waals surface area contributed by atoms with Crippen molar-refractivity contribution in [3.63, 3.8) is 0 Å². The summed E-state index contributed by atoms with van der Waals surface area (Å²) in [6, 6.07) is 0. The molecular weight excluding hydrogens is 322 g/mol. The van der Waals surface area contributed by atoms with Crippen LogP contribution in [-0.2, 0) is 9.53 Å². The minimum atomic E-state index is -0.255. The Morgan fingerprint density at radius 2 is 1.04 bits per heavy atom. The van der Waals surface area contributed by atoms with E-state index in [1.165, 1.54) is 83.6 Å². The van der Waals surface area contributed by atoms with Gasteiger partial charge in [-0.3, -0.25) is 0 Å². The lowest BCUT2D eigenvalue weighted by Crippen LogP contribution is -2.35. The quantitative estimate of drug-likeness (QED) is 0.123. The van der Waals surface area contributed by atoms with Crippen LogP contribution in [-0.4, -0.2) is 44.7 Å². The second-order valence-electron chi connectivity index (χ2n) is 8.88. The molecule has 3 heteroatoms. The van der Waals surface area contributed by atoms with Crippen molar-refractivity contribution in [3.05, 3.63) is 12.2 Å². The highest BCUT2D eigenvalue weighted by molar-refractivity contribution is 5.86. The molecule has 0 heterocycles. The monoisotopic (exact) mass is 368 g/mol. The maximum atomic E-state index is 11.2. The predicted octanol–water partition coefficient (Wildman–Crippen LogP) is 6.27. The van der Waals surface area contributed by atoms with Crippen molar-refractivity contribution in [1.29, 1.82) is 0 Å². The molecule has 154 valence electrons. The lowest BCUT2D eigenvalue weighted by molar-refractivity contribution is -0.870. The first-order valence-electron chi connectivity index (χ1n) is 11.0. The van der Waals surface area contributed by atoms with Crippen molar-refractivity contribution in [2.24, 2.45) is 0 Å². The van der Waals surface area contributed by atoms with Crippen LogP contribution in [0.1, 0.15) is 96.8 Å². The van der Waals surface area contributed by atoms with Gasteiger partial charge in [0.05, 0.1) is 34.3 Å². The zero-order chi connectivity index (χ0) is 19.7. The van der Waals surface area contributed by atoms with Gasteiger partial charge in [0.1, 0.15) is 0 Å². The number of carbonyl (C=O) groups is 1. The van der Waals surface area contributed by atoms with Crippen LogP contribution in [0.15, 0.2) is 12.2 Å². The Morgan fingerprint density at radius 1 is 0.692 bits per heavy atom. The third-order valence-electron chi connectivity index (χ3n) is 4.80. The molecule has 0 aromatic rings. The summed E-state index contributed by atoms with van der Waals surface area (Å²) < 4.78 is 6.19. The van der Waals surface area contributed by atoms with E-state index in [4.69, 9.17) is 4.74 Å². The van der Waals surface area contributed by atoms with Crippen molar-refractivity contribution < 1.29 is 14.0 Å². The van der Waals surface area contributed by atoms with Gasteiger partial charge in [-0.25, -0.2) is 4.79 Å². The molecule has 0 aliphatic rings. The molecule has 0 atom stereocenters. The van der Waals surface area contributed by atoms with E-state index in [0.29, 0.717) is 12.2 Å². The smallest absolute Gasteiger partial charge is 0.333 e. The van der Waals surface area contributed by atoms with Crippen molar-refractivity contribution in [2.45, 2.75) is 96.8 Å². The van der Waals surface area contributed by atoms with Crippen LogP contribution in [0.3, 0.4) is 0 Å². The van der Waals surface area contributed by atoms with Crippen LogP contribution in [0.2, 0.25) is 0 Å². The van der Waals surface area contributed by atoms with Crippen LogP contribution in [0, 0.1) is 0 Å². The highest BCUT2D eigenvalue weighted by Crippen LogP contribution is 2.13. The predicted molar refractivity (Wildman–Crippen MR) is 113 cm³/mol. The van der Waals surface area contributed by atoms with Gasteiger partial charge in [0.25, 0.3) is 0 Å². The number of quaternary nitrogens is 1. The second-order valence-corrected chi connectivity index (χ2v) is 8.88. The number of carbonyl (C=O) groups excluding carboxylic acids is 1.